The molecular formula is C18H28IN3O2Si. The summed E-state index contributed by atoms with van der Waals surface area (Å²) in [5.74, 6) is 0.0954. The van der Waals surface area contributed by atoms with Crippen molar-refractivity contribution in [1.29, 1.82) is 0 Å². The van der Waals surface area contributed by atoms with E-state index >= 15 is 0 Å². The summed E-state index contributed by atoms with van der Waals surface area (Å²) in [6.45, 7) is 11.6. The number of pyridine rings is 1. The van der Waals surface area contributed by atoms with E-state index in [-0.39, 0.29) is 10.9 Å². The normalized spacial score (nSPS) is 12.7. The van der Waals surface area contributed by atoms with E-state index in [0.29, 0.717) is 12.2 Å². The van der Waals surface area contributed by atoms with Crippen LogP contribution in [-0.4, -0.2) is 29.3 Å². The Morgan fingerprint density at radius 3 is 2.44 bits per heavy atom. The Labute approximate surface area is 164 Å². The minimum atomic E-state index is -1.85. The summed E-state index contributed by atoms with van der Waals surface area (Å²) in [5.41, 5.74) is 7.34. The van der Waals surface area contributed by atoms with E-state index in [4.69, 9.17) is 15.4 Å². The number of oxime groups is 1. The molecular weight excluding hydrogens is 445 g/mol. The van der Waals surface area contributed by atoms with Crippen LogP contribution in [0.3, 0.4) is 0 Å². The molecule has 0 aliphatic carbocycles. The summed E-state index contributed by atoms with van der Waals surface area (Å²) in [4.78, 5) is 6.44. The summed E-state index contributed by atoms with van der Waals surface area (Å²) in [7, 11) is -1.85. The average molecular weight is 473 g/mol. The molecule has 3 N–H and O–H groups in total. The van der Waals surface area contributed by atoms with Gasteiger partial charge in [0.2, 0.25) is 0 Å². The third-order valence-corrected chi connectivity index (χ3v) is 9.13. The molecule has 138 valence electrons. The fraction of sp³-hybridized carbons (Fsp3) is 0.444. The molecule has 2 rings (SSSR count). The highest BCUT2D eigenvalue weighted by molar-refractivity contribution is 14.1. The zero-order chi connectivity index (χ0) is 19.3. The van der Waals surface area contributed by atoms with Crippen molar-refractivity contribution in [2.75, 3.05) is 4.93 Å². The number of benzene rings is 1. The van der Waals surface area contributed by atoms with E-state index in [9.17, 15) is 0 Å². The number of halogens is 1. The summed E-state index contributed by atoms with van der Waals surface area (Å²) in [6.07, 6.45) is 1.74. The Hall–Kier alpha value is -1.19. The Balaban J connectivity index is 0.00000151. The molecule has 0 saturated carbocycles. The molecule has 1 heterocycles. The molecule has 5 nitrogen and oxygen atoms in total. The van der Waals surface area contributed by atoms with Crippen LogP contribution in [0, 0.1) is 0 Å². The lowest BCUT2D eigenvalue weighted by Gasteiger charge is -2.36. The summed E-state index contributed by atoms with van der Waals surface area (Å²) >= 11 is 2.15. The maximum Gasteiger partial charge on any atom is 0.192 e. The molecule has 1 aromatic heterocycles. The van der Waals surface area contributed by atoms with Gasteiger partial charge < -0.3 is 15.4 Å². The molecule has 0 radical (unpaired) electrons. The van der Waals surface area contributed by atoms with Crippen molar-refractivity contribution in [1.82, 2.24) is 4.98 Å². The van der Waals surface area contributed by atoms with Crippen LogP contribution in [0.1, 0.15) is 32.0 Å². The zero-order valence-electron chi connectivity index (χ0n) is 15.8. The van der Waals surface area contributed by atoms with Crippen LogP contribution in [0.2, 0.25) is 18.1 Å². The van der Waals surface area contributed by atoms with Crippen molar-refractivity contribution in [3.63, 3.8) is 0 Å². The SMILES string of the molecule is CC(C)(C)[Si](C)(C)OCc1nccc2c(/C(N)=N\O)cccc12.CI. The molecule has 7 heteroatoms. The van der Waals surface area contributed by atoms with Gasteiger partial charge >= 0.3 is 0 Å². The van der Waals surface area contributed by atoms with Gasteiger partial charge in [0.05, 0.1) is 12.3 Å². The quantitative estimate of drug-likeness (QED) is 0.126. The van der Waals surface area contributed by atoms with Crippen molar-refractivity contribution in [3.8, 4) is 0 Å². The molecule has 0 aliphatic rings. The van der Waals surface area contributed by atoms with Crippen molar-refractivity contribution < 1.29 is 9.63 Å². The number of nitrogens with zero attached hydrogens (tertiary/aromatic N) is 2. The molecule has 0 unspecified atom stereocenters. The monoisotopic (exact) mass is 473 g/mol. The predicted octanol–water partition coefficient (Wildman–Crippen LogP) is 4.90. The van der Waals surface area contributed by atoms with Gasteiger partial charge in [0, 0.05) is 17.1 Å². The van der Waals surface area contributed by atoms with Gasteiger partial charge in [-0.05, 0) is 34.5 Å². The number of nitrogens with two attached hydrogens (primary N) is 1. The van der Waals surface area contributed by atoms with Gasteiger partial charge in [-0.1, -0.05) is 66.7 Å². The first-order chi connectivity index (χ1) is 11.7. The van der Waals surface area contributed by atoms with Crippen LogP contribution in [-0.2, 0) is 11.0 Å². The third-order valence-electron chi connectivity index (χ3n) is 4.65. The highest BCUT2D eigenvalue weighted by atomic mass is 127. The first-order valence-electron chi connectivity index (χ1n) is 8.03. The second-order valence-electron chi connectivity index (χ2n) is 7.19. The van der Waals surface area contributed by atoms with Gasteiger partial charge in [0.25, 0.3) is 0 Å². The minimum Gasteiger partial charge on any atom is -0.411 e. The van der Waals surface area contributed by atoms with Crippen molar-refractivity contribution in [2.24, 2.45) is 10.9 Å². The Morgan fingerprint density at radius 1 is 1.24 bits per heavy atom. The first kappa shape index (κ1) is 21.8. The highest BCUT2D eigenvalue weighted by Gasteiger charge is 2.37. The molecule has 2 aromatic rings. The van der Waals surface area contributed by atoms with Crippen molar-refractivity contribution in [3.05, 3.63) is 41.7 Å². The van der Waals surface area contributed by atoms with Crippen LogP contribution in [0.15, 0.2) is 35.6 Å². The number of alkyl halides is 1. The van der Waals surface area contributed by atoms with Gasteiger partial charge in [0.15, 0.2) is 14.2 Å². The smallest absolute Gasteiger partial charge is 0.192 e. The second kappa shape index (κ2) is 8.95. The largest absolute Gasteiger partial charge is 0.411 e. The van der Waals surface area contributed by atoms with Crippen LogP contribution >= 0.6 is 22.6 Å². The van der Waals surface area contributed by atoms with Crippen molar-refractivity contribution >= 4 is 47.5 Å². The maximum atomic E-state index is 8.94. The number of amidine groups is 1. The maximum absolute atomic E-state index is 8.94. The van der Waals surface area contributed by atoms with Crippen LogP contribution in [0.5, 0.6) is 0 Å². The predicted molar refractivity (Wildman–Crippen MR) is 116 cm³/mol. The van der Waals surface area contributed by atoms with E-state index < -0.39 is 8.32 Å². The summed E-state index contributed by atoms with van der Waals surface area (Å²) in [5, 5.41) is 14.1. The van der Waals surface area contributed by atoms with E-state index in [1.54, 1.807) is 6.20 Å². The number of hydrogen-bond donors (Lipinski definition) is 2. The standard InChI is InChI=1S/C17H25N3O2Si.CH3I/c1-17(2,3)23(4,5)22-11-15-13-7-6-8-14(16(18)20-21)12(13)9-10-19-15;1-2/h6-10,21H,11H2,1-5H3,(H2,18,20);1H3. The Kier molecular flexibility index (Phi) is 7.82. The summed E-state index contributed by atoms with van der Waals surface area (Å²) < 4.78 is 6.28. The number of hydrogen-bond acceptors (Lipinski definition) is 4. The zero-order valence-corrected chi connectivity index (χ0v) is 19.0. The first-order valence-corrected chi connectivity index (χ1v) is 13.1. The highest BCUT2D eigenvalue weighted by Crippen LogP contribution is 2.37. The van der Waals surface area contributed by atoms with Crippen molar-refractivity contribution in [2.45, 2.75) is 45.5 Å². The topological polar surface area (TPSA) is 80.7 Å². The number of rotatable bonds is 4. The van der Waals surface area contributed by atoms with Gasteiger partial charge in [-0.3, -0.25) is 4.98 Å². The van der Waals surface area contributed by atoms with Crippen LogP contribution in [0.4, 0.5) is 0 Å². The lowest BCUT2D eigenvalue weighted by atomic mass is 10.0. The molecule has 0 fully saturated rings. The molecule has 0 saturated heterocycles. The number of fused-ring (bicyclic) bond motifs is 1. The van der Waals surface area contributed by atoms with E-state index in [1.807, 2.05) is 29.2 Å². The van der Waals surface area contributed by atoms with Crippen LogP contribution in [0.25, 0.3) is 10.8 Å². The van der Waals surface area contributed by atoms with E-state index in [1.165, 1.54) is 0 Å². The van der Waals surface area contributed by atoms with Gasteiger partial charge in [-0.25, -0.2) is 0 Å². The molecule has 0 bridgehead atoms. The molecule has 0 spiro atoms. The van der Waals surface area contributed by atoms with Gasteiger partial charge in [-0.15, -0.1) is 0 Å². The molecule has 0 atom stereocenters. The lowest BCUT2D eigenvalue weighted by molar-refractivity contribution is 0.273. The second-order valence-corrected chi connectivity index (χ2v) is 12.0. The lowest BCUT2D eigenvalue weighted by Crippen LogP contribution is -2.40. The van der Waals surface area contributed by atoms with Crippen LogP contribution < -0.4 is 5.73 Å². The fourth-order valence-electron chi connectivity index (χ4n) is 2.13. The molecule has 25 heavy (non-hydrogen) atoms. The third kappa shape index (κ3) is 5.15. The Bertz CT molecular complexity index is 743. The fourth-order valence-corrected chi connectivity index (χ4v) is 3.06. The molecule has 0 amide bonds. The Morgan fingerprint density at radius 2 is 1.88 bits per heavy atom. The van der Waals surface area contributed by atoms with E-state index in [0.717, 1.165) is 16.5 Å². The molecule has 0 aliphatic heterocycles. The van der Waals surface area contributed by atoms with E-state index in [2.05, 4.69) is 66.6 Å². The average Bonchev–Trinajstić information content (AvgIpc) is 2.59. The summed E-state index contributed by atoms with van der Waals surface area (Å²) in [6, 6.07) is 7.57. The van der Waals surface area contributed by atoms with Gasteiger partial charge in [-0.2, -0.15) is 0 Å². The number of aromatic nitrogens is 1. The minimum absolute atomic E-state index is 0.0954. The van der Waals surface area contributed by atoms with Gasteiger partial charge in [0.1, 0.15) is 0 Å². The molecule has 1 aromatic carbocycles.